The van der Waals surface area contributed by atoms with Crippen LogP contribution in [0.1, 0.15) is 31.4 Å². The Kier molecular flexibility index (Phi) is 4.24. The van der Waals surface area contributed by atoms with Gasteiger partial charge in [0.25, 0.3) is 0 Å². The second-order valence-electron chi connectivity index (χ2n) is 5.28. The van der Waals surface area contributed by atoms with E-state index in [0.29, 0.717) is 32.2 Å². The van der Waals surface area contributed by atoms with E-state index in [1.54, 1.807) is 11.9 Å². The molecule has 5 nitrogen and oxygen atoms in total. The number of aliphatic carboxylic acids is 1. The summed E-state index contributed by atoms with van der Waals surface area (Å²) in [5, 5.41) is 8.94. The highest BCUT2D eigenvalue weighted by atomic mass is 16.4. The fourth-order valence-electron chi connectivity index (χ4n) is 2.70. The summed E-state index contributed by atoms with van der Waals surface area (Å²) < 4.78 is 0. The molecular formula is C14H20N2O3. The maximum absolute atomic E-state index is 12.3. The quantitative estimate of drug-likeness (QED) is 0.871. The van der Waals surface area contributed by atoms with Gasteiger partial charge in [0, 0.05) is 24.9 Å². The molecule has 1 aromatic heterocycles. The second kappa shape index (κ2) is 5.91. The van der Waals surface area contributed by atoms with Crippen molar-refractivity contribution in [1.82, 2.24) is 9.88 Å². The molecule has 0 aliphatic heterocycles. The van der Waals surface area contributed by atoms with Crippen molar-refractivity contribution in [3.8, 4) is 0 Å². The van der Waals surface area contributed by atoms with Gasteiger partial charge in [-0.25, -0.2) is 0 Å². The molecule has 1 heterocycles. The molecule has 0 atom stereocenters. The van der Waals surface area contributed by atoms with Gasteiger partial charge in [-0.2, -0.15) is 0 Å². The number of amides is 1. The van der Waals surface area contributed by atoms with E-state index in [1.165, 1.54) is 0 Å². The molecule has 1 saturated carbocycles. The molecular weight excluding hydrogens is 244 g/mol. The number of hydrogen-bond donors (Lipinski definition) is 2. The zero-order valence-corrected chi connectivity index (χ0v) is 11.1. The van der Waals surface area contributed by atoms with Crippen LogP contribution in [0.25, 0.3) is 0 Å². The van der Waals surface area contributed by atoms with Gasteiger partial charge in [-0.15, -0.1) is 0 Å². The van der Waals surface area contributed by atoms with E-state index in [-0.39, 0.29) is 17.7 Å². The van der Waals surface area contributed by atoms with Crippen LogP contribution in [0.2, 0.25) is 0 Å². The minimum atomic E-state index is -0.731. The Bertz CT molecular complexity index is 434. The van der Waals surface area contributed by atoms with Crippen molar-refractivity contribution in [2.24, 2.45) is 11.8 Å². The van der Waals surface area contributed by atoms with Crippen LogP contribution in [0.4, 0.5) is 0 Å². The number of carbonyl (C=O) groups excluding carboxylic acids is 1. The molecule has 1 amide bonds. The molecule has 0 saturated heterocycles. The Labute approximate surface area is 112 Å². The molecule has 2 N–H and O–H groups in total. The van der Waals surface area contributed by atoms with Crippen LogP contribution in [0.3, 0.4) is 0 Å². The molecule has 1 fully saturated rings. The van der Waals surface area contributed by atoms with Gasteiger partial charge in [0.15, 0.2) is 0 Å². The number of hydrogen-bond acceptors (Lipinski definition) is 2. The van der Waals surface area contributed by atoms with E-state index >= 15 is 0 Å². The van der Waals surface area contributed by atoms with Crippen LogP contribution >= 0.6 is 0 Å². The Morgan fingerprint density at radius 3 is 2.47 bits per heavy atom. The van der Waals surface area contributed by atoms with Crippen molar-refractivity contribution in [3.63, 3.8) is 0 Å². The van der Waals surface area contributed by atoms with Gasteiger partial charge >= 0.3 is 5.97 Å². The number of aromatic nitrogens is 1. The smallest absolute Gasteiger partial charge is 0.306 e. The topological polar surface area (TPSA) is 73.4 Å². The molecule has 1 aliphatic rings. The predicted octanol–water partition coefficient (Wildman–Crippen LogP) is 1.86. The first-order valence-corrected chi connectivity index (χ1v) is 6.68. The summed E-state index contributed by atoms with van der Waals surface area (Å²) in [6, 6.07) is 3.86. The molecule has 0 aromatic carbocycles. The van der Waals surface area contributed by atoms with Crippen molar-refractivity contribution in [3.05, 3.63) is 24.0 Å². The first-order chi connectivity index (χ1) is 9.08. The normalized spacial score (nSPS) is 23.0. The van der Waals surface area contributed by atoms with Gasteiger partial charge in [0.1, 0.15) is 0 Å². The highest BCUT2D eigenvalue weighted by molar-refractivity contribution is 5.79. The van der Waals surface area contributed by atoms with Crippen LogP contribution in [0, 0.1) is 11.8 Å². The molecule has 2 rings (SSSR count). The number of carboxylic acid groups (broad SMARTS) is 1. The molecule has 19 heavy (non-hydrogen) atoms. The summed E-state index contributed by atoms with van der Waals surface area (Å²) in [6.45, 7) is 0.574. The number of nitrogens with zero attached hydrogens (tertiary/aromatic N) is 1. The Balaban J connectivity index is 1.85. The average molecular weight is 264 g/mol. The lowest BCUT2D eigenvalue weighted by Gasteiger charge is -2.28. The van der Waals surface area contributed by atoms with Crippen molar-refractivity contribution >= 4 is 11.9 Å². The zero-order chi connectivity index (χ0) is 13.8. The van der Waals surface area contributed by atoms with Gasteiger partial charge < -0.3 is 15.0 Å². The van der Waals surface area contributed by atoms with Crippen molar-refractivity contribution < 1.29 is 14.7 Å². The average Bonchev–Trinajstić information content (AvgIpc) is 2.90. The number of H-pyrrole nitrogens is 1. The van der Waals surface area contributed by atoms with Gasteiger partial charge in [-0.1, -0.05) is 0 Å². The van der Waals surface area contributed by atoms with Crippen LogP contribution in [0.15, 0.2) is 18.3 Å². The third kappa shape index (κ3) is 3.36. The van der Waals surface area contributed by atoms with Gasteiger partial charge in [-0.05, 0) is 37.8 Å². The minimum absolute atomic E-state index is 0.0180. The highest BCUT2D eigenvalue weighted by Gasteiger charge is 2.31. The van der Waals surface area contributed by atoms with Crippen LogP contribution in [-0.2, 0) is 16.1 Å². The molecule has 0 radical (unpaired) electrons. The number of rotatable bonds is 4. The van der Waals surface area contributed by atoms with E-state index < -0.39 is 5.97 Å². The SMILES string of the molecule is CN(Cc1ccc[nH]1)C(=O)C1CCC(C(=O)O)CC1. The number of nitrogens with one attached hydrogen (secondary N) is 1. The first-order valence-electron chi connectivity index (χ1n) is 6.68. The van der Waals surface area contributed by atoms with E-state index in [4.69, 9.17) is 5.11 Å². The molecule has 0 spiro atoms. The summed E-state index contributed by atoms with van der Waals surface area (Å²) >= 11 is 0. The fourth-order valence-corrected chi connectivity index (χ4v) is 2.70. The number of carbonyl (C=O) groups is 2. The summed E-state index contributed by atoms with van der Waals surface area (Å²) in [4.78, 5) is 27.9. The third-order valence-corrected chi connectivity index (χ3v) is 3.87. The van der Waals surface area contributed by atoms with Gasteiger partial charge in [0.05, 0.1) is 12.5 Å². The number of aromatic amines is 1. The van der Waals surface area contributed by atoms with E-state index in [0.717, 1.165) is 5.69 Å². The number of carboxylic acids is 1. The molecule has 1 aromatic rings. The van der Waals surface area contributed by atoms with Gasteiger partial charge in [-0.3, -0.25) is 9.59 Å². The second-order valence-corrected chi connectivity index (χ2v) is 5.28. The first kappa shape index (κ1) is 13.6. The highest BCUT2D eigenvalue weighted by Crippen LogP contribution is 2.30. The molecule has 104 valence electrons. The monoisotopic (exact) mass is 264 g/mol. The lowest BCUT2D eigenvalue weighted by Crippen LogP contribution is -2.35. The van der Waals surface area contributed by atoms with Crippen molar-refractivity contribution in [2.75, 3.05) is 7.05 Å². The maximum Gasteiger partial charge on any atom is 0.306 e. The largest absolute Gasteiger partial charge is 0.481 e. The Hall–Kier alpha value is -1.78. The van der Waals surface area contributed by atoms with Crippen LogP contribution in [0.5, 0.6) is 0 Å². The van der Waals surface area contributed by atoms with Crippen LogP contribution in [-0.4, -0.2) is 33.9 Å². The summed E-state index contributed by atoms with van der Waals surface area (Å²) in [7, 11) is 1.80. The Morgan fingerprint density at radius 2 is 1.95 bits per heavy atom. The van der Waals surface area contributed by atoms with E-state index in [1.807, 2.05) is 18.3 Å². The Morgan fingerprint density at radius 1 is 1.32 bits per heavy atom. The molecule has 0 unspecified atom stereocenters. The van der Waals surface area contributed by atoms with Crippen molar-refractivity contribution in [1.29, 1.82) is 0 Å². The standard InChI is InChI=1S/C14H20N2O3/c1-16(9-12-3-2-8-15-12)13(17)10-4-6-11(7-5-10)14(18)19/h2-3,8,10-11,15H,4-7,9H2,1H3,(H,18,19). The summed E-state index contributed by atoms with van der Waals surface area (Å²) in [5.74, 6) is -0.891. The predicted molar refractivity (Wildman–Crippen MR) is 70.4 cm³/mol. The van der Waals surface area contributed by atoms with E-state index in [2.05, 4.69) is 4.98 Å². The fraction of sp³-hybridized carbons (Fsp3) is 0.571. The van der Waals surface area contributed by atoms with Gasteiger partial charge in [0.2, 0.25) is 5.91 Å². The molecule has 5 heteroatoms. The summed E-state index contributed by atoms with van der Waals surface area (Å²) in [6.07, 6.45) is 4.44. The minimum Gasteiger partial charge on any atom is -0.481 e. The zero-order valence-electron chi connectivity index (χ0n) is 11.1. The maximum atomic E-state index is 12.3. The third-order valence-electron chi connectivity index (χ3n) is 3.87. The molecule has 1 aliphatic carbocycles. The van der Waals surface area contributed by atoms with Crippen molar-refractivity contribution in [2.45, 2.75) is 32.2 Å². The molecule has 0 bridgehead atoms. The lowest BCUT2D eigenvalue weighted by atomic mass is 9.81. The van der Waals surface area contributed by atoms with Crippen LogP contribution < -0.4 is 0 Å². The summed E-state index contributed by atoms with van der Waals surface area (Å²) in [5.41, 5.74) is 1.01. The lowest BCUT2D eigenvalue weighted by molar-refractivity contribution is -0.145. The van der Waals surface area contributed by atoms with E-state index in [9.17, 15) is 9.59 Å².